The maximum Gasteiger partial charge on any atom is 0.320 e. The Balaban J connectivity index is 0.000000167. The van der Waals surface area contributed by atoms with E-state index in [9.17, 15) is 4.79 Å². The molecule has 0 unspecified atom stereocenters. The molecule has 0 amide bonds. The van der Waals surface area contributed by atoms with Gasteiger partial charge in [-0.15, -0.1) is 0 Å². The number of carboxylic acids is 1. The summed E-state index contributed by atoms with van der Waals surface area (Å²) < 4.78 is 0. The zero-order chi connectivity index (χ0) is 18.7. The number of fused-ring (bicyclic) bond motifs is 2. The van der Waals surface area contributed by atoms with Crippen molar-refractivity contribution in [1.29, 1.82) is 0 Å². The maximum absolute atomic E-state index is 10.7. The molecule has 0 aliphatic carbocycles. The number of nitrogens with two attached hydrogens (primary N) is 3. The molecule has 0 bridgehead atoms. The van der Waals surface area contributed by atoms with Crippen LogP contribution in [0, 0.1) is 0 Å². The second-order valence-electron chi connectivity index (χ2n) is 6.09. The molecule has 1 atom stereocenters. The number of benzene rings is 2. The average molecular weight is 351 g/mol. The minimum absolute atomic E-state index is 0.290. The van der Waals surface area contributed by atoms with Gasteiger partial charge < -0.3 is 32.3 Å². The third-order valence-corrected chi connectivity index (χ3v) is 4.13. The van der Waals surface area contributed by atoms with Crippen LogP contribution in [-0.4, -0.2) is 27.1 Å². The van der Waals surface area contributed by atoms with Crippen molar-refractivity contribution in [3.63, 3.8) is 0 Å². The molecule has 2 heterocycles. The number of hydrogen-bond acceptors (Lipinski definition) is 4. The van der Waals surface area contributed by atoms with E-state index in [1.54, 1.807) is 12.3 Å². The van der Waals surface area contributed by atoms with E-state index in [1.165, 1.54) is 5.39 Å². The van der Waals surface area contributed by atoms with Crippen molar-refractivity contribution in [3.8, 4) is 0 Å². The number of aliphatic carboxylic acids is 1. The summed E-state index contributed by atoms with van der Waals surface area (Å²) in [6.07, 6.45) is 3.97. The van der Waals surface area contributed by atoms with Crippen LogP contribution in [0.25, 0.3) is 21.8 Å². The van der Waals surface area contributed by atoms with Crippen LogP contribution in [0.4, 0.5) is 11.4 Å². The minimum Gasteiger partial charge on any atom is -0.480 e. The summed E-state index contributed by atoms with van der Waals surface area (Å²) in [6, 6.07) is 12.4. The molecule has 2 aromatic carbocycles. The van der Waals surface area contributed by atoms with Gasteiger partial charge in [0, 0.05) is 52.0 Å². The van der Waals surface area contributed by atoms with E-state index in [4.69, 9.17) is 22.3 Å². The van der Waals surface area contributed by atoms with Gasteiger partial charge in [0.15, 0.2) is 0 Å². The van der Waals surface area contributed by atoms with E-state index in [-0.39, 0.29) is 0 Å². The van der Waals surface area contributed by atoms with Gasteiger partial charge in [0.1, 0.15) is 6.04 Å². The number of rotatable bonds is 3. The van der Waals surface area contributed by atoms with Gasteiger partial charge in [-0.05, 0) is 48.0 Å². The van der Waals surface area contributed by atoms with Crippen LogP contribution in [0.5, 0.6) is 0 Å². The van der Waals surface area contributed by atoms with Crippen LogP contribution in [0.2, 0.25) is 0 Å². The fraction of sp³-hybridized carbons (Fsp3) is 0.105. The highest BCUT2D eigenvalue weighted by atomic mass is 16.4. The van der Waals surface area contributed by atoms with Gasteiger partial charge >= 0.3 is 5.97 Å². The molecule has 0 saturated heterocycles. The van der Waals surface area contributed by atoms with Gasteiger partial charge in [0.05, 0.1) is 0 Å². The standard InChI is InChI=1S/C11H13N3O2.C8H8N2/c12-7-1-2-10-8(4-7)6(5-14-10)3-9(13)11(15)16;9-7-1-2-8-6(5-7)3-4-10-8/h1-2,4-5,9,14H,3,12-13H2,(H,15,16);1-5,10H,9H2/t9-;/m0./s1. The van der Waals surface area contributed by atoms with Crippen LogP contribution in [-0.2, 0) is 11.2 Å². The minimum atomic E-state index is -1.00. The Morgan fingerprint density at radius 2 is 1.69 bits per heavy atom. The van der Waals surface area contributed by atoms with E-state index in [0.717, 1.165) is 27.7 Å². The fourth-order valence-corrected chi connectivity index (χ4v) is 2.76. The Labute approximate surface area is 149 Å². The molecule has 0 aliphatic rings. The normalized spacial score (nSPS) is 11.9. The van der Waals surface area contributed by atoms with Gasteiger partial charge in [-0.2, -0.15) is 0 Å². The lowest BCUT2D eigenvalue weighted by atomic mass is 10.1. The van der Waals surface area contributed by atoms with Crippen molar-refractivity contribution in [2.75, 3.05) is 11.5 Å². The van der Waals surface area contributed by atoms with Crippen molar-refractivity contribution in [2.24, 2.45) is 5.73 Å². The molecule has 0 aliphatic heterocycles. The quantitative estimate of drug-likeness (QED) is 0.314. The Bertz CT molecular complexity index is 1050. The van der Waals surface area contributed by atoms with Crippen molar-refractivity contribution in [1.82, 2.24) is 9.97 Å². The molecule has 2 aromatic heterocycles. The van der Waals surface area contributed by atoms with E-state index < -0.39 is 12.0 Å². The molecular formula is C19H21N5O2. The smallest absolute Gasteiger partial charge is 0.320 e. The first-order chi connectivity index (χ1) is 12.4. The third kappa shape index (κ3) is 3.79. The lowest BCUT2D eigenvalue weighted by Gasteiger charge is -2.04. The number of carbonyl (C=O) groups is 1. The molecule has 4 rings (SSSR count). The Morgan fingerprint density at radius 3 is 2.42 bits per heavy atom. The van der Waals surface area contributed by atoms with E-state index in [1.807, 2.05) is 42.6 Å². The van der Waals surface area contributed by atoms with Crippen LogP contribution < -0.4 is 17.2 Å². The average Bonchev–Trinajstić information content (AvgIpc) is 3.22. The molecule has 134 valence electrons. The predicted molar refractivity (Wildman–Crippen MR) is 105 cm³/mol. The highest BCUT2D eigenvalue weighted by Gasteiger charge is 2.14. The Morgan fingerprint density at radius 1 is 1.00 bits per heavy atom. The highest BCUT2D eigenvalue weighted by molar-refractivity contribution is 5.87. The van der Waals surface area contributed by atoms with Gasteiger partial charge in [0.2, 0.25) is 0 Å². The van der Waals surface area contributed by atoms with Gasteiger partial charge in [-0.25, -0.2) is 0 Å². The van der Waals surface area contributed by atoms with Crippen molar-refractivity contribution in [3.05, 3.63) is 60.4 Å². The van der Waals surface area contributed by atoms with E-state index in [2.05, 4.69) is 9.97 Å². The van der Waals surface area contributed by atoms with Crippen LogP contribution in [0.3, 0.4) is 0 Å². The molecular weight excluding hydrogens is 330 g/mol. The van der Waals surface area contributed by atoms with Crippen molar-refractivity contribution >= 4 is 39.1 Å². The molecule has 0 spiro atoms. The lowest BCUT2D eigenvalue weighted by molar-refractivity contribution is -0.138. The molecule has 0 saturated carbocycles. The largest absolute Gasteiger partial charge is 0.480 e. The molecule has 26 heavy (non-hydrogen) atoms. The number of aromatic nitrogens is 2. The predicted octanol–water partition coefficient (Wildman–Crippen LogP) is 2.45. The van der Waals surface area contributed by atoms with Crippen LogP contribution in [0.15, 0.2) is 54.9 Å². The summed E-state index contributed by atoms with van der Waals surface area (Å²) in [5.41, 5.74) is 21.1. The van der Waals surface area contributed by atoms with E-state index >= 15 is 0 Å². The van der Waals surface area contributed by atoms with Crippen LogP contribution in [0.1, 0.15) is 5.56 Å². The molecule has 7 nitrogen and oxygen atoms in total. The maximum atomic E-state index is 10.7. The van der Waals surface area contributed by atoms with Crippen LogP contribution >= 0.6 is 0 Å². The molecule has 0 fully saturated rings. The fourth-order valence-electron chi connectivity index (χ4n) is 2.76. The Kier molecular flexibility index (Phi) is 4.81. The molecule has 0 radical (unpaired) electrons. The number of hydrogen-bond donors (Lipinski definition) is 6. The van der Waals surface area contributed by atoms with Gasteiger partial charge in [-0.1, -0.05) is 0 Å². The topological polar surface area (TPSA) is 147 Å². The summed E-state index contributed by atoms with van der Waals surface area (Å²) in [5, 5.41) is 10.8. The Hall–Kier alpha value is -3.45. The summed E-state index contributed by atoms with van der Waals surface area (Å²) in [6.45, 7) is 0. The molecule has 4 aromatic rings. The van der Waals surface area contributed by atoms with Crippen molar-refractivity contribution < 1.29 is 9.90 Å². The van der Waals surface area contributed by atoms with Crippen molar-refractivity contribution in [2.45, 2.75) is 12.5 Å². The monoisotopic (exact) mass is 351 g/mol. The number of nitrogen functional groups attached to an aromatic ring is 2. The highest BCUT2D eigenvalue weighted by Crippen LogP contribution is 2.21. The summed E-state index contributed by atoms with van der Waals surface area (Å²) in [7, 11) is 0. The lowest BCUT2D eigenvalue weighted by Crippen LogP contribution is -2.32. The summed E-state index contributed by atoms with van der Waals surface area (Å²) in [5.74, 6) is -1.00. The molecule has 7 heteroatoms. The summed E-state index contributed by atoms with van der Waals surface area (Å²) in [4.78, 5) is 16.8. The number of nitrogens with one attached hydrogen (secondary N) is 2. The number of anilines is 2. The van der Waals surface area contributed by atoms with Gasteiger partial charge in [-0.3, -0.25) is 4.79 Å². The number of aromatic amines is 2. The third-order valence-electron chi connectivity index (χ3n) is 4.13. The SMILES string of the molecule is Nc1ccc2[nH]cc(C[C@H](N)C(=O)O)c2c1.Nc1ccc2[nH]ccc2c1. The first-order valence-corrected chi connectivity index (χ1v) is 8.10. The zero-order valence-corrected chi connectivity index (χ0v) is 14.1. The number of H-pyrrole nitrogens is 2. The van der Waals surface area contributed by atoms with E-state index in [0.29, 0.717) is 12.1 Å². The summed E-state index contributed by atoms with van der Waals surface area (Å²) >= 11 is 0. The zero-order valence-electron chi connectivity index (χ0n) is 14.1. The first-order valence-electron chi connectivity index (χ1n) is 8.10. The molecule has 9 N–H and O–H groups in total. The first kappa shape index (κ1) is 17.4. The van der Waals surface area contributed by atoms with Gasteiger partial charge in [0.25, 0.3) is 0 Å². The second kappa shape index (κ2) is 7.20. The number of carboxylic acid groups (broad SMARTS) is 1. The second-order valence-corrected chi connectivity index (χ2v) is 6.09.